The first-order chi connectivity index (χ1) is 61.3. The molecule has 10 heterocycles. The number of rotatable bonds is 26. The maximum Gasteiger partial charge on any atom is 4.00 e. The van der Waals surface area contributed by atoms with Gasteiger partial charge in [0.15, 0.2) is 0 Å². The Balaban J connectivity index is 0.000000319. The Morgan fingerprint density at radius 1 is 0.399 bits per heavy atom. The van der Waals surface area contributed by atoms with E-state index in [0.29, 0.717) is 75.0 Å². The third-order valence-corrected chi connectivity index (χ3v) is 26.1. The number of hydrogen-bond donors (Lipinski definition) is 2. The summed E-state index contributed by atoms with van der Waals surface area (Å²) in [5, 5.41) is 62.4. The largest absolute Gasteiger partial charge is 4.00 e. The van der Waals surface area contributed by atoms with Gasteiger partial charge in [0, 0.05) is 161 Å². The van der Waals surface area contributed by atoms with Crippen LogP contribution in [0.4, 0.5) is 23.0 Å². The fourth-order valence-electron chi connectivity index (χ4n) is 18.4. The minimum absolute atomic E-state index is 0. The van der Waals surface area contributed by atoms with Crippen molar-refractivity contribution < 1.29 is 94.1 Å². The first kappa shape index (κ1) is 117. The fraction of sp³-hybridized carbons (Fsp3) is 0.239. The second kappa shape index (κ2) is 52.2. The predicted octanol–water partition coefficient (Wildman–Crippen LogP) is 27.0. The van der Waals surface area contributed by atoms with Gasteiger partial charge in [0.1, 0.15) is 23.1 Å². The van der Waals surface area contributed by atoms with Crippen molar-refractivity contribution in [3.8, 4) is 62.7 Å². The van der Waals surface area contributed by atoms with Gasteiger partial charge >= 0.3 is 39.6 Å². The molecule has 0 saturated heterocycles. The zero-order chi connectivity index (χ0) is 86.8. The van der Waals surface area contributed by atoms with Crippen LogP contribution >= 0.6 is 0 Å². The first-order valence-corrected chi connectivity index (χ1v) is 43.1. The van der Waals surface area contributed by atoms with Crippen LogP contribution in [0.3, 0.4) is 0 Å². The van der Waals surface area contributed by atoms with Crippen LogP contribution in [-0.4, -0.2) is 86.9 Å². The number of fused-ring (bicyclic) bond motifs is 12. The topological polar surface area (TPSA) is 270 Å². The molecule has 2 fully saturated rings. The molecule has 0 aliphatic heterocycles. The van der Waals surface area contributed by atoms with E-state index in [-0.39, 0.29) is 184 Å². The average molecular weight is 2550 g/mol. The minimum atomic E-state index is -0.199. The smallest absolute Gasteiger partial charge is 0.656 e. The molecular formula is C113H126N18O3Os4-6. The van der Waals surface area contributed by atoms with E-state index < -0.39 is 0 Å². The van der Waals surface area contributed by atoms with E-state index in [1.54, 1.807) is 36.8 Å². The van der Waals surface area contributed by atoms with Gasteiger partial charge in [-0.25, -0.2) is 15.0 Å². The van der Waals surface area contributed by atoms with Gasteiger partial charge in [-0.05, 0) is 203 Å². The summed E-state index contributed by atoms with van der Waals surface area (Å²) in [5.41, 5.74) is 18.6. The van der Waals surface area contributed by atoms with Crippen LogP contribution in [-0.2, 0) is 122 Å². The summed E-state index contributed by atoms with van der Waals surface area (Å²) in [6, 6.07) is 90.9. The molecule has 25 heteroatoms. The molecule has 0 radical (unpaired) electrons. The Labute approximate surface area is 872 Å². The molecule has 724 valence electrons. The first-order valence-electron chi connectivity index (χ1n) is 43.1. The van der Waals surface area contributed by atoms with Crippen molar-refractivity contribution in [1.29, 1.82) is 0 Å². The Bertz CT molecular complexity index is 6410. The minimum Gasteiger partial charge on any atom is -0.656 e. The third kappa shape index (κ3) is 25.0. The van der Waals surface area contributed by atoms with Gasteiger partial charge in [0.25, 0.3) is 0 Å². The van der Waals surface area contributed by atoms with Crippen molar-refractivity contribution in [2.45, 2.75) is 135 Å². The number of aromatic nitrogens is 12. The number of ether oxygens (including phenoxy) is 1. The Morgan fingerprint density at radius 3 is 1.23 bits per heavy atom. The van der Waals surface area contributed by atoms with Crippen LogP contribution in [0.25, 0.3) is 88.1 Å². The summed E-state index contributed by atoms with van der Waals surface area (Å²) in [5.74, 6) is 3.53. The molecule has 10 aromatic heterocycles. The van der Waals surface area contributed by atoms with E-state index in [1.807, 2.05) is 205 Å². The quantitative estimate of drug-likeness (QED) is 0.0377. The van der Waals surface area contributed by atoms with Crippen molar-refractivity contribution in [2.24, 2.45) is 10.8 Å². The van der Waals surface area contributed by atoms with E-state index in [9.17, 15) is 10.2 Å². The molecule has 138 heavy (non-hydrogen) atoms. The molecule has 0 amide bonds. The van der Waals surface area contributed by atoms with E-state index >= 15 is 0 Å². The molecule has 4 atom stereocenters. The van der Waals surface area contributed by atoms with Crippen molar-refractivity contribution in [2.75, 3.05) is 36.4 Å². The van der Waals surface area contributed by atoms with Crippen LogP contribution < -0.4 is 24.7 Å². The monoisotopic (exact) mass is 2550 g/mol. The number of anilines is 4. The van der Waals surface area contributed by atoms with Gasteiger partial charge in [0.2, 0.25) is 5.88 Å². The van der Waals surface area contributed by atoms with Gasteiger partial charge in [-0.15, -0.1) is 32.7 Å². The Morgan fingerprint density at radius 2 is 0.783 bits per heavy atom. The zero-order valence-electron chi connectivity index (χ0n) is 81.8. The van der Waals surface area contributed by atoms with Crippen LogP contribution in [0, 0.1) is 70.2 Å². The maximum atomic E-state index is 10.2. The molecule has 4 aliphatic rings. The van der Waals surface area contributed by atoms with Crippen molar-refractivity contribution in [3.05, 3.63) is 436 Å². The van der Waals surface area contributed by atoms with Crippen LogP contribution in [0.2, 0.25) is 0 Å². The molecule has 16 aromatic rings. The molecule has 6 aromatic carbocycles. The standard InChI is InChI=1S/C33H32N6.C27H27N5O.C24H21N4O.C21H22N3O.8CH3.4Os/c1-32(2)26-16-17-33(32,3)31-28(26)30(37-38-31)29-25-15-8-7-11-22(25)19-27(36-29)39(24-13-5-4-6-14-24)21-34-20-23-12-9-10-18-35-23;1-26(2)20-11-12-27(26,3)25-22(20)24(31-32-25)23-19-10-5-4-8-17(19)14-21(30-23)33-16-28-15-18-9-6-7-13-29-18;29-23-14-5-4-12-21(23)22-13-8-15-24(27-22)28(20-10-2-1-3-11-20)18-25-17-19-9-6-7-16-26-19;1-21(2,15-22-14-16-8-5-6-13-23-16)20-12-7-10-18(24-20)17-9-3-4-11-19(17)25;;;;;;;;;;;;/h4-15,18-19,26H,16-17,20-21H2,1-3H3;4-10,13-14,20H,11-12,15-16H2,1-3H3;1-16,29H,17-18H2;3-13,25H,14-15H2,1-2H3;8*1H3;;;;/q2*-2;10*-1;;;2*+4. The van der Waals surface area contributed by atoms with Gasteiger partial charge in [-0.1, -0.05) is 226 Å². The van der Waals surface area contributed by atoms with Crippen LogP contribution in [0.5, 0.6) is 17.4 Å². The van der Waals surface area contributed by atoms with E-state index in [4.69, 9.17) is 45.3 Å². The van der Waals surface area contributed by atoms with E-state index in [1.165, 1.54) is 48.2 Å². The molecule has 2 saturated carbocycles. The second-order valence-electron chi connectivity index (χ2n) is 34.8. The Hall–Kier alpha value is -11.2. The number of benzene rings is 6. The van der Waals surface area contributed by atoms with Gasteiger partial charge in [-0.3, -0.25) is 24.9 Å². The summed E-state index contributed by atoms with van der Waals surface area (Å²) in [4.78, 5) is 41.4. The Kier molecular flexibility index (Phi) is 44.4. The number of para-hydroxylation sites is 4. The summed E-state index contributed by atoms with van der Waals surface area (Å²) < 4.78 is 5.96. The number of aromatic hydroxyl groups is 2. The molecule has 2 N–H and O–H groups in total. The fourth-order valence-corrected chi connectivity index (χ4v) is 18.4. The molecule has 4 bridgehead atoms. The molecular weight excluding hydrogens is 2420 g/mol. The number of phenolic OH excluding ortho intramolecular Hbond substituents is 2. The van der Waals surface area contributed by atoms with Gasteiger partial charge in [0.05, 0.1) is 22.8 Å². The molecule has 4 aliphatic carbocycles. The molecule has 20 rings (SSSR count). The molecule has 21 nitrogen and oxygen atoms in total. The van der Waals surface area contributed by atoms with Crippen molar-refractivity contribution in [3.63, 3.8) is 0 Å². The third-order valence-electron chi connectivity index (χ3n) is 26.1. The number of hydrogen-bond acceptors (Lipinski definition) is 15. The second-order valence-corrected chi connectivity index (χ2v) is 34.8. The van der Waals surface area contributed by atoms with E-state index in [2.05, 4.69) is 168 Å². The van der Waals surface area contributed by atoms with Gasteiger partial charge < -0.3 is 126 Å². The summed E-state index contributed by atoms with van der Waals surface area (Å²) in [6.45, 7) is 22.5. The number of nitrogens with zero attached hydrogens (tertiary/aromatic N) is 18. The van der Waals surface area contributed by atoms with Crippen LogP contribution in [0.1, 0.15) is 144 Å². The normalized spacial score (nSPS) is 15.6. The average Bonchev–Trinajstić information content (AvgIpc) is 1.52. The number of pyridine rings is 8. The summed E-state index contributed by atoms with van der Waals surface area (Å²) in [6.07, 6.45) is 11.8. The predicted molar refractivity (Wildman–Crippen MR) is 552 cm³/mol. The summed E-state index contributed by atoms with van der Waals surface area (Å²) in [7, 11) is 0. The van der Waals surface area contributed by atoms with Crippen molar-refractivity contribution >= 4 is 44.6 Å². The molecule has 0 spiro atoms. The maximum absolute atomic E-state index is 10.2. The van der Waals surface area contributed by atoms with E-state index in [0.717, 1.165) is 107 Å². The molecule has 4 unspecified atom stereocenters. The van der Waals surface area contributed by atoms with Crippen molar-refractivity contribution in [1.82, 2.24) is 60.3 Å². The number of phenols is 2. The summed E-state index contributed by atoms with van der Waals surface area (Å²) >= 11 is 0. The van der Waals surface area contributed by atoms with Gasteiger partial charge in [-0.2, -0.15) is 0 Å². The SMILES string of the molecule is CC(C)(C[N-]Cc1ccccn1)c1cccc(-c2ccccc2O)n1.CC12CCC(c3c1n[n-]c3-c1nc(N(C[N-]Cc3ccccn3)c3ccccc3)cc3ccccc13)C2(C)C.CC12CCC(c3c1n[n-]c3-c1nc(OC[N-]Cc3ccccn3)cc3ccccc13)C2(C)C.Oc1ccccc1-c1cccc(N(C[N-]Cc2ccccn2)c2ccccc2)n1.[CH3-].[CH3-].[CH3-].[CH3-].[CH3-].[CH3-].[CH3-].[CH3-].[Os+4].[Os+4].[Os].[Os]. The van der Waals surface area contributed by atoms with Crippen LogP contribution in [0.15, 0.2) is 304 Å². The zero-order valence-corrected chi connectivity index (χ0v) is 91.9.